The maximum Gasteiger partial charge on any atom is 0.292 e. The number of piperazine rings is 1. The standard InChI is InChI=1S/C24H30N4O5/c1-2-32-20-8-5-18(6-9-20)24(29)27-13-11-26(12-14-27)19-7-10-23(28(30)31)22(16-19)25-17-21-4-3-15-33-21/h5-10,16,21,25H,2-4,11-15,17H2,1H3. The van der Waals surface area contributed by atoms with Crippen molar-refractivity contribution in [2.45, 2.75) is 25.9 Å². The highest BCUT2D eigenvalue weighted by Crippen LogP contribution is 2.31. The molecule has 1 amide bonds. The van der Waals surface area contributed by atoms with Crippen molar-refractivity contribution < 1.29 is 19.2 Å². The summed E-state index contributed by atoms with van der Waals surface area (Å²) in [5.41, 5.74) is 2.11. The van der Waals surface area contributed by atoms with E-state index in [9.17, 15) is 14.9 Å². The van der Waals surface area contributed by atoms with Gasteiger partial charge < -0.3 is 24.6 Å². The Morgan fingerprint density at radius 3 is 2.58 bits per heavy atom. The van der Waals surface area contributed by atoms with E-state index in [-0.39, 0.29) is 22.6 Å². The molecule has 2 aromatic rings. The molecule has 1 N–H and O–H groups in total. The quantitative estimate of drug-likeness (QED) is 0.481. The van der Waals surface area contributed by atoms with E-state index < -0.39 is 0 Å². The average molecular weight is 455 g/mol. The van der Waals surface area contributed by atoms with Gasteiger partial charge in [0.05, 0.1) is 17.6 Å². The number of hydrogen-bond acceptors (Lipinski definition) is 7. The Morgan fingerprint density at radius 1 is 1.18 bits per heavy atom. The van der Waals surface area contributed by atoms with Crippen LogP contribution in [0.15, 0.2) is 42.5 Å². The second-order valence-electron chi connectivity index (χ2n) is 8.21. The first kappa shape index (κ1) is 22.8. The summed E-state index contributed by atoms with van der Waals surface area (Å²) in [6, 6.07) is 12.4. The fourth-order valence-corrected chi connectivity index (χ4v) is 4.26. The molecule has 9 nitrogen and oxygen atoms in total. The van der Waals surface area contributed by atoms with Crippen molar-refractivity contribution in [2.24, 2.45) is 0 Å². The van der Waals surface area contributed by atoms with Crippen molar-refractivity contribution in [1.29, 1.82) is 0 Å². The molecule has 1 atom stereocenters. The number of hydrogen-bond donors (Lipinski definition) is 1. The predicted molar refractivity (Wildman–Crippen MR) is 126 cm³/mol. The Hall–Kier alpha value is -3.33. The van der Waals surface area contributed by atoms with E-state index in [4.69, 9.17) is 9.47 Å². The molecule has 0 aromatic heterocycles. The Morgan fingerprint density at radius 2 is 1.94 bits per heavy atom. The van der Waals surface area contributed by atoms with E-state index in [1.54, 1.807) is 24.3 Å². The summed E-state index contributed by atoms with van der Waals surface area (Å²) >= 11 is 0. The minimum atomic E-state index is -0.366. The second kappa shape index (κ2) is 10.5. The van der Waals surface area contributed by atoms with Gasteiger partial charge in [-0.25, -0.2) is 0 Å². The van der Waals surface area contributed by atoms with Gasteiger partial charge in [0.1, 0.15) is 11.4 Å². The summed E-state index contributed by atoms with van der Waals surface area (Å²) in [6.07, 6.45) is 2.07. The summed E-state index contributed by atoms with van der Waals surface area (Å²) in [5, 5.41) is 14.7. The number of amides is 1. The molecule has 0 radical (unpaired) electrons. The van der Waals surface area contributed by atoms with E-state index in [2.05, 4.69) is 10.2 Å². The van der Waals surface area contributed by atoms with Gasteiger partial charge in [-0.3, -0.25) is 14.9 Å². The lowest BCUT2D eigenvalue weighted by molar-refractivity contribution is -0.383. The second-order valence-corrected chi connectivity index (χ2v) is 8.21. The molecular weight excluding hydrogens is 424 g/mol. The third-order valence-electron chi connectivity index (χ3n) is 6.07. The molecule has 0 bridgehead atoms. The molecule has 2 saturated heterocycles. The zero-order chi connectivity index (χ0) is 23.2. The van der Waals surface area contributed by atoms with Crippen molar-refractivity contribution in [1.82, 2.24) is 4.90 Å². The number of ether oxygens (including phenoxy) is 2. The third kappa shape index (κ3) is 5.54. The van der Waals surface area contributed by atoms with E-state index in [1.165, 1.54) is 0 Å². The Bertz CT molecular complexity index is 967. The molecule has 0 saturated carbocycles. The van der Waals surface area contributed by atoms with Crippen LogP contribution in [-0.2, 0) is 4.74 Å². The van der Waals surface area contributed by atoms with E-state index in [0.717, 1.165) is 30.9 Å². The molecule has 9 heteroatoms. The zero-order valence-electron chi connectivity index (χ0n) is 18.9. The van der Waals surface area contributed by atoms with Gasteiger partial charge in [-0.2, -0.15) is 0 Å². The predicted octanol–water partition coefficient (Wildman–Crippen LogP) is 3.55. The minimum Gasteiger partial charge on any atom is -0.494 e. The van der Waals surface area contributed by atoms with Crippen LogP contribution in [0.1, 0.15) is 30.1 Å². The highest BCUT2D eigenvalue weighted by atomic mass is 16.6. The highest BCUT2D eigenvalue weighted by Gasteiger charge is 2.24. The molecule has 2 aliphatic rings. The number of nitrogens with zero attached hydrogens (tertiary/aromatic N) is 3. The lowest BCUT2D eigenvalue weighted by Gasteiger charge is -2.36. The van der Waals surface area contributed by atoms with Crippen LogP contribution in [0.5, 0.6) is 5.75 Å². The first-order valence-corrected chi connectivity index (χ1v) is 11.5. The summed E-state index contributed by atoms with van der Waals surface area (Å²) in [4.78, 5) is 28.0. The van der Waals surface area contributed by atoms with Gasteiger partial charge in [0, 0.05) is 56.6 Å². The fraction of sp³-hybridized carbons (Fsp3) is 0.458. The van der Waals surface area contributed by atoms with Gasteiger partial charge in [-0.15, -0.1) is 0 Å². The number of nitro benzene ring substituents is 1. The molecule has 33 heavy (non-hydrogen) atoms. The molecule has 2 aromatic carbocycles. The van der Waals surface area contributed by atoms with Crippen molar-refractivity contribution in [3.63, 3.8) is 0 Å². The number of nitrogens with one attached hydrogen (secondary N) is 1. The SMILES string of the molecule is CCOc1ccc(C(=O)N2CCN(c3ccc([N+](=O)[O-])c(NCC4CCCO4)c3)CC2)cc1. The van der Waals surface area contributed by atoms with E-state index in [0.29, 0.717) is 50.6 Å². The summed E-state index contributed by atoms with van der Waals surface area (Å²) in [6.45, 7) is 6.29. The molecular formula is C24H30N4O5. The zero-order valence-corrected chi connectivity index (χ0v) is 18.9. The molecule has 0 spiro atoms. The van der Waals surface area contributed by atoms with Crippen LogP contribution in [0.4, 0.5) is 17.1 Å². The minimum absolute atomic E-state index is 0.000294. The molecule has 0 aliphatic carbocycles. The van der Waals surface area contributed by atoms with Crippen LogP contribution < -0.4 is 15.0 Å². The van der Waals surface area contributed by atoms with Crippen LogP contribution in [0.3, 0.4) is 0 Å². The van der Waals surface area contributed by atoms with Gasteiger partial charge in [0.2, 0.25) is 0 Å². The molecule has 4 rings (SSSR count). The summed E-state index contributed by atoms with van der Waals surface area (Å²) < 4.78 is 11.1. The third-order valence-corrected chi connectivity index (χ3v) is 6.07. The lowest BCUT2D eigenvalue weighted by Crippen LogP contribution is -2.48. The van der Waals surface area contributed by atoms with Crippen molar-refractivity contribution in [3.05, 3.63) is 58.1 Å². The Balaban J connectivity index is 1.38. The largest absolute Gasteiger partial charge is 0.494 e. The number of carbonyl (C=O) groups excluding carboxylic acids is 1. The smallest absolute Gasteiger partial charge is 0.292 e. The first-order chi connectivity index (χ1) is 16.0. The number of carbonyl (C=O) groups is 1. The summed E-state index contributed by atoms with van der Waals surface area (Å²) in [5.74, 6) is 0.751. The monoisotopic (exact) mass is 454 g/mol. The van der Waals surface area contributed by atoms with Crippen molar-refractivity contribution in [3.8, 4) is 5.75 Å². The molecule has 2 heterocycles. The normalized spacial score (nSPS) is 18.3. The Labute approximate surface area is 193 Å². The Kier molecular flexibility index (Phi) is 7.29. The highest BCUT2D eigenvalue weighted by molar-refractivity contribution is 5.94. The molecule has 2 fully saturated rings. The number of anilines is 2. The van der Waals surface area contributed by atoms with Crippen LogP contribution in [-0.4, -0.2) is 67.8 Å². The van der Waals surface area contributed by atoms with Gasteiger partial charge >= 0.3 is 0 Å². The fourth-order valence-electron chi connectivity index (χ4n) is 4.26. The van der Waals surface area contributed by atoms with Crippen molar-refractivity contribution in [2.75, 3.05) is 56.2 Å². The number of nitro groups is 1. The molecule has 1 unspecified atom stereocenters. The topological polar surface area (TPSA) is 97.2 Å². The lowest BCUT2D eigenvalue weighted by atomic mass is 10.1. The van der Waals surface area contributed by atoms with Crippen LogP contribution in [0.2, 0.25) is 0 Å². The first-order valence-electron chi connectivity index (χ1n) is 11.5. The molecule has 176 valence electrons. The van der Waals surface area contributed by atoms with Gasteiger partial charge in [0.25, 0.3) is 11.6 Å². The van der Waals surface area contributed by atoms with Gasteiger partial charge in [-0.1, -0.05) is 0 Å². The number of rotatable bonds is 8. The van der Waals surface area contributed by atoms with Gasteiger partial charge in [-0.05, 0) is 56.2 Å². The average Bonchev–Trinajstić information content (AvgIpc) is 3.37. The maximum atomic E-state index is 12.9. The van der Waals surface area contributed by atoms with E-state index in [1.807, 2.05) is 30.0 Å². The number of benzene rings is 2. The van der Waals surface area contributed by atoms with Gasteiger partial charge in [0.15, 0.2) is 0 Å². The molecule has 2 aliphatic heterocycles. The van der Waals surface area contributed by atoms with Crippen LogP contribution in [0.25, 0.3) is 0 Å². The van der Waals surface area contributed by atoms with Crippen molar-refractivity contribution >= 4 is 23.0 Å². The maximum absolute atomic E-state index is 12.9. The van der Waals surface area contributed by atoms with E-state index >= 15 is 0 Å². The van der Waals surface area contributed by atoms with Crippen LogP contribution in [0, 0.1) is 10.1 Å². The van der Waals surface area contributed by atoms with Crippen LogP contribution >= 0.6 is 0 Å². The summed E-state index contributed by atoms with van der Waals surface area (Å²) in [7, 11) is 0.